The topological polar surface area (TPSA) is 113 Å². The van der Waals surface area contributed by atoms with Crippen molar-refractivity contribution in [2.75, 3.05) is 49.5 Å². The third-order valence-corrected chi connectivity index (χ3v) is 6.86. The number of thiazole rings is 1. The molecule has 0 atom stereocenters. The minimum absolute atomic E-state index is 0.189. The molecule has 1 fully saturated rings. The van der Waals surface area contributed by atoms with Crippen LogP contribution < -0.4 is 15.5 Å². The van der Waals surface area contributed by atoms with Crippen LogP contribution in [0.2, 0.25) is 0 Å². The molecule has 0 saturated carbocycles. The highest BCUT2D eigenvalue weighted by atomic mass is 35.5. The Morgan fingerprint density at radius 1 is 1.23 bits per heavy atom. The van der Waals surface area contributed by atoms with Gasteiger partial charge in [0.05, 0.1) is 25.0 Å². The van der Waals surface area contributed by atoms with Crippen LogP contribution in [0.1, 0.15) is 43.2 Å². The summed E-state index contributed by atoms with van der Waals surface area (Å²) in [6.45, 7) is 16.8. The van der Waals surface area contributed by atoms with Crippen LogP contribution in [-0.2, 0) is 9.53 Å². The third-order valence-electron chi connectivity index (χ3n) is 5.76. The summed E-state index contributed by atoms with van der Waals surface area (Å²) in [6, 6.07) is 1.86. The normalized spacial score (nSPS) is 15.2. The molecule has 39 heavy (non-hydrogen) atoms. The summed E-state index contributed by atoms with van der Waals surface area (Å²) in [5.41, 5.74) is 1.33. The molecule has 210 valence electrons. The average Bonchev–Trinajstić information content (AvgIpc) is 3.34. The second kappa shape index (κ2) is 14.2. The van der Waals surface area contributed by atoms with E-state index in [4.69, 9.17) is 16.3 Å². The van der Waals surface area contributed by atoms with Crippen molar-refractivity contribution in [2.45, 2.75) is 34.6 Å². The summed E-state index contributed by atoms with van der Waals surface area (Å²) in [5, 5.41) is 7.04. The maximum absolute atomic E-state index is 12.8. The van der Waals surface area contributed by atoms with E-state index in [0.717, 1.165) is 37.6 Å². The molecule has 1 aliphatic rings. The molecule has 0 radical (unpaired) electrons. The van der Waals surface area contributed by atoms with Crippen LogP contribution in [0.25, 0.3) is 0 Å². The summed E-state index contributed by atoms with van der Waals surface area (Å²) >= 11 is 7.40. The van der Waals surface area contributed by atoms with Crippen LogP contribution in [0.15, 0.2) is 47.3 Å². The largest absolute Gasteiger partial charge is 0.464 e. The number of carbonyl (C=O) groups excluding carboxylic acids is 2. The molecule has 2 N–H and O–H groups in total. The van der Waals surface area contributed by atoms with Crippen molar-refractivity contribution in [2.24, 2.45) is 5.92 Å². The molecule has 2 aromatic heterocycles. The van der Waals surface area contributed by atoms with E-state index in [9.17, 15) is 9.59 Å². The summed E-state index contributed by atoms with van der Waals surface area (Å²) in [7, 11) is 0. The van der Waals surface area contributed by atoms with E-state index in [1.165, 1.54) is 17.5 Å². The van der Waals surface area contributed by atoms with Gasteiger partial charge < -0.3 is 20.3 Å². The van der Waals surface area contributed by atoms with Crippen LogP contribution >= 0.6 is 22.9 Å². The number of aryl methyl sites for hydroxylation is 1. The Bertz CT molecular complexity index is 1250. The van der Waals surface area contributed by atoms with Gasteiger partial charge in [-0.15, -0.1) is 0 Å². The van der Waals surface area contributed by atoms with Crippen molar-refractivity contribution in [3.63, 3.8) is 0 Å². The van der Waals surface area contributed by atoms with Gasteiger partial charge in [-0.2, -0.15) is 0 Å². The molecular weight excluding hydrogens is 538 g/mol. The predicted molar refractivity (Wildman–Crippen MR) is 157 cm³/mol. The van der Waals surface area contributed by atoms with Gasteiger partial charge in [-0.25, -0.2) is 15.0 Å². The number of ether oxygens (including phenoxy) is 1. The van der Waals surface area contributed by atoms with Crippen molar-refractivity contribution in [1.82, 2.24) is 25.2 Å². The number of aromatic nitrogens is 3. The smallest absolute Gasteiger partial charge is 0.320 e. The Morgan fingerprint density at radius 3 is 2.59 bits per heavy atom. The van der Waals surface area contributed by atoms with Crippen molar-refractivity contribution in [3.05, 3.63) is 58.0 Å². The first-order valence-electron chi connectivity index (χ1n) is 12.7. The summed E-state index contributed by atoms with van der Waals surface area (Å²) in [4.78, 5) is 43.0. The van der Waals surface area contributed by atoms with Crippen LogP contribution in [0.3, 0.4) is 0 Å². The lowest BCUT2D eigenvalue weighted by molar-refractivity contribution is -0.146. The number of amides is 1. The van der Waals surface area contributed by atoms with E-state index >= 15 is 0 Å². The van der Waals surface area contributed by atoms with Gasteiger partial charge in [0.2, 0.25) is 0 Å². The molecule has 0 unspecified atom stereocenters. The molecule has 0 aliphatic carbocycles. The number of piperazine rings is 1. The Balaban J connectivity index is 1.61. The number of nitrogens with one attached hydrogen (secondary N) is 2. The number of hydrogen-bond acceptors (Lipinski definition) is 10. The standard InChI is InChI=1S/C27H36ClN7O3S/c1-7-8-18(4)25(19(5)28)33-26(37)21-14-29-27(39-21)32-22-13-23(31-20(6)30-22)35-11-9-34(10-12-35)15-24(36)38-16-17(2)3/h7-8,13-14,17H,1,9-12,15-16H2,2-6H3,(H,33,37)(H,29,30,31,32)/b18-8-,25-19-. The van der Waals surface area contributed by atoms with Crippen molar-refractivity contribution >= 4 is 51.6 Å². The fraction of sp³-hybridized carbons (Fsp3) is 0.444. The van der Waals surface area contributed by atoms with Gasteiger partial charge in [-0.05, 0) is 32.3 Å². The van der Waals surface area contributed by atoms with E-state index in [0.29, 0.717) is 51.4 Å². The van der Waals surface area contributed by atoms with Crippen molar-refractivity contribution in [3.8, 4) is 0 Å². The zero-order valence-corrected chi connectivity index (χ0v) is 24.7. The lowest BCUT2D eigenvalue weighted by Gasteiger charge is -2.35. The molecule has 10 nitrogen and oxygen atoms in total. The Morgan fingerprint density at radius 2 is 1.95 bits per heavy atom. The van der Waals surface area contributed by atoms with Gasteiger partial charge in [-0.3, -0.25) is 14.5 Å². The van der Waals surface area contributed by atoms with E-state index < -0.39 is 0 Å². The van der Waals surface area contributed by atoms with E-state index in [2.05, 4.69) is 42.0 Å². The first-order chi connectivity index (χ1) is 18.5. The zero-order chi connectivity index (χ0) is 28.5. The Kier molecular flexibility index (Phi) is 11.0. The summed E-state index contributed by atoms with van der Waals surface area (Å²) < 4.78 is 5.30. The Hall–Kier alpha value is -3.28. The molecule has 0 aromatic carbocycles. The highest BCUT2D eigenvalue weighted by molar-refractivity contribution is 7.17. The highest BCUT2D eigenvalue weighted by Crippen LogP contribution is 2.25. The molecule has 3 heterocycles. The minimum Gasteiger partial charge on any atom is -0.464 e. The molecule has 1 aliphatic heterocycles. The van der Waals surface area contributed by atoms with Crippen molar-refractivity contribution < 1.29 is 14.3 Å². The summed E-state index contributed by atoms with van der Waals surface area (Å²) in [6.07, 6.45) is 4.92. The lowest BCUT2D eigenvalue weighted by atomic mass is 10.2. The molecule has 12 heteroatoms. The van der Waals surface area contributed by atoms with Gasteiger partial charge in [-0.1, -0.05) is 55.5 Å². The molecule has 2 aromatic rings. The summed E-state index contributed by atoms with van der Waals surface area (Å²) in [5.74, 6) is 1.81. The molecule has 1 saturated heterocycles. The highest BCUT2D eigenvalue weighted by Gasteiger charge is 2.22. The van der Waals surface area contributed by atoms with Crippen LogP contribution in [0, 0.1) is 12.8 Å². The number of anilines is 3. The number of nitrogens with zero attached hydrogens (tertiary/aromatic N) is 5. The fourth-order valence-corrected chi connectivity index (χ4v) is 4.75. The molecule has 0 bridgehead atoms. The molecule has 0 spiro atoms. The maximum Gasteiger partial charge on any atom is 0.320 e. The number of hydrogen-bond donors (Lipinski definition) is 2. The SMILES string of the molecule is C=C/C=C(C)\C(NC(=O)c1cnc(Nc2cc(N3CCN(CC(=O)OCC(C)C)CC3)nc(C)n2)s1)=C(/C)Cl. The van der Waals surface area contributed by atoms with E-state index in [-0.39, 0.29) is 11.9 Å². The molecule has 3 rings (SSSR count). The number of halogens is 1. The van der Waals surface area contributed by atoms with Crippen LogP contribution in [-0.4, -0.2) is 71.1 Å². The lowest BCUT2D eigenvalue weighted by Crippen LogP contribution is -2.48. The number of carbonyl (C=O) groups is 2. The molecule has 1 amide bonds. The van der Waals surface area contributed by atoms with E-state index in [1.54, 1.807) is 19.1 Å². The van der Waals surface area contributed by atoms with Crippen LogP contribution in [0.5, 0.6) is 0 Å². The predicted octanol–water partition coefficient (Wildman–Crippen LogP) is 4.64. The van der Waals surface area contributed by atoms with Gasteiger partial charge >= 0.3 is 5.97 Å². The van der Waals surface area contributed by atoms with E-state index in [1.807, 2.05) is 33.8 Å². The second-order valence-corrected chi connectivity index (χ2v) is 11.2. The van der Waals surface area contributed by atoms with Gasteiger partial charge in [0, 0.05) is 37.3 Å². The monoisotopic (exact) mass is 573 g/mol. The average molecular weight is 574 g/mol. The number of allylic oxidation sites excluding steroid dienone is 4. The maximum atomic E-state index is 12.8. The zero-order valence-electron chi connectivity index (χ0n) is 23.1. The van der Waals surface area contributed by atoms with Crippen molar-refractivity contribution in [1.29, 1.82) is 0 Å². The molecular formula is C27H36ClN7O3S. The number of esters is 1. The third kappa shape index (κ3) is 9.15. The quantitative estimate of drug-likeness (QED) is 0.293. The first-order valence-corrected chi connectivity index (χ1v) is 13.9. The first kappa shape index (κ1) is 30.3. The fourth-order valence-electron chi connectivity index (χ4n) is 3.84. The van der Waals surface area contributed by atoms with Gasteiger partial charge in [0.1, 0.15) is 22.3 Å². The second-order valence-electron chi connectivity index (χ2n) is 9.60. The number of rotatable bonds is 11. The Labute approximate surface area is 238 Å². The minimum atomic E-state index is -0.308. The van der Waals surface area contributed by atoms with Gasteiger partial charge in [0.25, 0.3) is 5.91 Å². The van der Waals surface area contributed by atoms with Gasteiger partial charge in [0.15, 0.2) is 5.13 Å². The van der Waals surface area contributed by atoms with Crippen LogP contribution in [0.4, 0.5) is 16.8 Å².